The number of thiazole rings is 1. The summed E-state index contributed by atoms with van der Waals surface area (Å²) in [7, 11) is 4.55. The zero-order valence-corrected chi connectivity index (χ0v) is 21.8. The quantitative estimate of drug-likeness (QED) is 0.364. The molecule has 0 atom stereocenters. The van der Waals surface area contributed by atoms with Crippen molar-refractivity contribution in [2.45, 2.75) is 6.54 Å². The van der Waals surface area contributed by atoms with Gasteiger partial charge in [0.15, 0.2) is 11.5 Å². The number of morpholine rings is 1. The number of para-hydroxylation sites is 1. The number of benzene rings is 2. The average molecular weight is 521 g/mol. The Morgan fingerprint density at radius 1 is 1.05 bits per heavy atom. The Morgan fingerprint density at radius 2 is 1.78 bits per heavy atom. The first-order valence-corrected chi connectivity index (χ1v) is 12.7. The topological polar surface area (TPSA) is 95.0 Å². The molecule has 37 heavy (non-hydrogen) atoms. The number of ether oxygens (including phenoxy) is 4. The highest BCUT2D eigenvalue weighted by Crippen LogP contribution is 2.39. The number of anilines is 1. The molecule has 0 unspecified atom stereocenters. The van der Waals surface area contributed by atoms with E-state index in [9.17, 15) is 4.79 Å². The molecule has 4 aromatic rings. The van der Waals surface area contributed by atoms with Gasteiger partial charge in [-0.3, -0.25) is 9.69 Å². The monoisotopic (exact) mass is 520 g/mol. The van der Waals surface area contributed by atoms with Crippen LogP contribution < -0.4 is 19.5 Å². The number of methoxy groups -OCH3 is 3. The smallest absolute Gasteiger partial charge is 0.255 e. The highest BCUT2D eigenvalue weighted by atomic mass is 32.1. The Balaban J connectivity index is 1.41. The molecule has 1 aliphatic rings. The van der Waals surface area contributed by atoms with Gasteiger partial charge in [0, 0.05) is 37.0 Å². The Kier molecular flexibility index (Phi) is 7.50. The molecule has 1 aliphatic heterocycles. The summed E-state index contributed by atoms with van der Waals surface area (Å²) in [6.07, 6.45) is 1.91. The lowest BCUT2D eigenvalue weighted by Gasteiger charge is -2.26. The van der Waals surface area contributed by atoms with Gasteiger partial charge in [0.05, 0.1) is 40.2 Å². The second kappa shape index (κ2) is 11.1. The van der Waals surface area contributed by atoms with Crippen molar-refractivity contribution in [3.63, 3.8) is 0 Å². The van der Waals surface area contributed by atoms with E-state index in [1.807, 2.05) is 30.5 Å². The van der Waals surface area contributed by atoms with Crippen molar-refractivity contribution < 1.29 is 23.7 Å². The molecule has 10 heteroatoms. The van der Waals surface area contributed by atoms with Crippen molar-refractivity contribution in [2.24, 2.45) is 0 Å². The van der Waals surface area contributed by atoms with Gasteiger partial charge in [0.25, 0.3) is 5.91 Å². The molecule has 1 fully saturated rings. The largest absolute Gasteiger partial charge is 0.493 e. The van der Waals surface area contributed by atoms with Gasteiger partial charge >= 0.3 is 0 Å². The maximum absolute atomic E-state index is 13.2. The molecule has 0 spiro atoms. The summed E-state index contributed by atoms with van der Waals surface area (Å²) in [4.78, 5) is 26.0. The van der Waals surface area contributed by atoms with E-state index < -0.39 is 0 Å². The third-order valence-electron chi connectivity index (χ3n) is 6.15. The average Bonchev–Trinajstić information content (AvgIpc) is 3.36. The van der Waals surface area contributed by atoms with Crippen LogP contribution >= 0.6 is 11.3 Å². The fraction of sp³-hybridized carbons (Fsp3) is 0.296. The molecule has 0 aliphatic carbocycles. The Bertz CT molecular complexity index is 1390. The molecular weight excluding hydrogens is 492 g/mol. The second-order valence-corrected chi connectivity index (χ2v) is 9.47. The Hall–Kier alpha value is -3.73. The minimum absolute atomic E-state index is 0.307. The van der Waals surface area contributed by atoms with Crippen molar-refractivity contribution in [3.8, 4) is 27.8 Å². The number of nitrogens with one attached hydrogen (secondary N) is 1. The molecule has 192 valence electrons. The fourth-order valence-corrected chi connectivity index (χ4v) is 5.20. The van der Waals surface area contributed by atoms with Gasteiger partial charge < -0.3 is 24.3 Å². The van der Waals surface area contributed by atoms with E-state index in [2.05, 4.69) is 21.3 Å². The number of fused-ring (bicyclic) bond motifs is 1. The fourth-order valence-electron chi connectivity index (χ4n) is 4.27. The van der Waals surface area contributed by atoms with Crippen molar-refractivity contribution in [3.05, 3.63) is 59.8 Å². The van der Waals surface area contributed by atoms with E-state index in [1.54, 1.807) is 12.1 Å². The van der Waals surface area contributed by atoms with E-state index in [0.717, 1.165) is 59.3 Å². The first-order chi connectivity index (χ1) is 18.1. The predicted molar refractivity (Wildman–Crippen MR) is 143 cm³/mol. The molecule has 9 nitrogen and oxygen atoms in total. The normalized spacial score (nSPS) is 13.9. The molecule has 0 saturated carbocycles. The molecule has 1 N–H and O–H groups in total. The van der Waals surface area contributed by atoms with Crippen LogP contribution in [0, 0.1) is 0 Å². The number of hydrogen-bond acceptors (Lipinski definition) is 9. The summed E-state index contributed by atoms with van der Waals surface area (Å²) < 4.78 is 21.6. The maximum atomic E-state index is 13.2. The number of amides is 1. The van der Waals surface area contributed by atoms with Crippen LogP contribution in [-0.4, -0.2) is 68.4 Å². The van der Waals surface area contributed by atoms with Gasteiger partial charge in [0.2, 0.25) is 5.75 Å². The number of carbonyl (C=O) groups excluding carboxylic acids is 1. The number of carbonyl (C=O) groups is 1. The number of nitrogens with zero attached hydrogens (tertiary/aromatic N) is 3. The van der Waals surface area contributed by atoms with Crippen LogP contribution in [0.4, 0.5) is 5.69 Å². The summed E-state index contributed by atoms with van der Waals surface area (Å²) in [5, 5.41) is 3.80. The summed E-state index contributed by atoms with van der Waals surface area (Å²) >= 11 is 1.50. The zero-order chi connectivity index (χ0) is 25.8. The molecule has 2 aromatic heterocycles. The minimum Gasteiger partial charge on any atom is -0.493 e. The van der Waals surface area contributed by atoms with Crippen LogP contribution in [0.3, 0.4) is 0 Å². The first kappa shape index (κ1) is 24.9. The summed E-state index contributed by atoms with van der Waals surface area (Å²) in [5.74, 6) is 0.937. The number of hydrogen-bond donors (Lipinski definition) is 1. The lowest BCUT2D eigenvalue weighted by molar-refractivity contribution is 0.0341. The molecule has 2 aromatic carbocycles. The molecule has 1 amide bonds. The van der Waals surface area contributed by atoms with E-state index in [-0.39, 0.29) is 5.91 Å². The predicted octanol–water partition coefficient (Wildman–Crippen LogP) is 4.47. The van der Waals surface area contributed by atoms with Gasteiger partial charge in [-0.1, -0.05) is 23.5 Å². The SMILES string of the molecule is COc1cc(C(=O)Nc2ccccc2-c2nc3cc(CN4CCOCC4)cnc3s2)cc(OC)c1OC. The highest BCUT2D eigenvalue weighted by molar-refractivity contribution is 7.21. The molecule has 0 radical (unpaired) electrons. The van der Waals surface area contributed by atoms with Crippen molar-refractivity contribution in [1.29, 1.82) is 0 Å². The lowest BCUT2D eigenvalue weighted by Crippen LogP contribution is -2.35. The Labute approximate surface area is 219 Å². The van der Waals surface area contributed by atoms with Crippen LogP contribution in [0.25, 0.3) is 20.9 Å². The second-order valence-electron chi connectivity index (χ2n) is 8.49. The first-order valence-electron chi connectivity index (χ1n) is 11.9. The molecule has 0 bridgehead atoms. The maximum Gasteiger partial charge on any atom is 0.255 e. The van der Waals surface area contributed by atoms with Crippen molar-refractivity contribution in [1.82, 2.24) is 14.9 Å². The van der Waals surface area contributed by atoms with Gasteiger partial charge in [-0.05, 0) is 35.9 Å². The summed E-state index contributed by atoms with van der Waals surface area (Å²) in [5.41, 5.74) is 3.81. The Morgan fingerprint density at radius 3 is 2.49 bits per heavy atom. The summed E-state index contributed by atoms with van der Waals surface area (Å²) in [6.45, 7) is 4.17. The third-order valence-corrected chi connectivity index (χ3v) is 7.16. The van der Waals surface area contributed by atoms with Crippen LogP contribution in [0.1, 0.15) is 15.9 Å². The zero-order valence-electron chi connectivity index (χ0n) is 20.9. The van der Waals surface area contributed by atoms with Crippen LogP contribution in [0.5, 0.6) is 17.2 Å². The van der Waals surface area contributed by atoms with E-state index >= 15 is 0 Å². The van der Waals surface area contributed by atoms with Gasteiger partial charge in [0.1, 0.15) is 15.4 Å². The van der Waals surface area contributed by atoms with Crippen LogP contribution in [0.15, 0.2) is 48.7 Å². The van der Waals surface area contributed by atoms with Gasteiger partial charge in [-0.15, -0.1) is 0 Å². The number of pyridine rings is 1. The molecule has 1 saturated heterocycles. The third kappa shape index (κ3) is 5.36. The standard InChI is InChI=1S/C27H28N4O5S/c1-33-22-13-18(14-23(34-2)24(22)35-3)25(32)29-20-7-5-4-6-19(20)26-30-21-12-17(15-28-27(21)37-26)16-31-8-10-36-11-9-31/h4-7,12-15H,8-11,16H2,1-3H3,(H,29,32). The van der Waals surface area contributed by atoms with Crippen molar-refractivity contribution >= 4 is 33.3 Å². The van der Waals surface area contributed by atoms with Crippen molar-refractivity contribution in [2.75, 3.05) is 52.9 Å². The molecular formula is C27H28N4O5S. The number of aromatic nitrogens is 2. The van der Waals surface area contributed by atoms with Gasteiger partial charge in [-0.25, -0.2) is 9.97 Å². The van der Waals surface area contributed by atoms with Gasteiger partial charge in [-0.2, -0.15) is 0 Å². The van der Waals surface area contributed by atoms with Crippen LogP contribution in [-0.2, 0) is 11.3 Å². The highest BCUT2D eigenvalue weighted by Gasteiger charge is 2.19. The summed E-state index contributed by atoms with van der Waals surface area (Å²) in [6, 6.07) is 12.9. The lowest BCUT2D eigenvalue weighted by atomic mass is 10.1. The van der Waals surface area contributed by atoms with E-state index in [0.29, 0.717) is 28.5 Å². The molecule has 5 rings (SSSR count). The van der Waals surface area contributed by atoms with Crippen LogP contribution in [0.2, 0.25) is 0 Å². The van der Waals surface area contributed by atoms with E-state index in [1.165, 1.54) is 32.7 Å². The molecule has 3 heterocycles. The van der Waals surface area contributed by atoms with E-state index in [4.69, 9.17) is 23.9 Å². The minimum atomic E-state index is -0.307. The number of rotatable bonds is 8.